The van der Waals surface area contributed by atoms with Gasteiger partial charge >= 0.3 is 11.9 Å². The molecule has 4 rings (SSSR count). The molecule has 0 N–H and O–H groups in total. The average Bonchev–Trinajstić information content (AvgIpc) is 2.92. The van der Waals surface area contributed by atoms with E-state index in [9.17, 15) is 9.59 Å². The molecule has 4 aromatic rings. The highest BCUT2D eigenvalue weighted by Crippen LogP contribution is 2.06. The van der Waals surface area contributed by atoms with E-state index in [1.165, 1.54) is 0 Å². The van der Waals surface area contributed by atoms with E-state index in [4.69, 9.17) is 9.78 Å². The van der Waals surface area contributed by atoms with Crippen molar-refractivity contribution < 1.29 is 29.1 Å². The fourth-order valence-electron chi connectivity index (χ4n) is 2.69. The zero-order valence-corrected chi connectivity index (χ0v) is 18.4. The van der Waals surface area contributed by atoms with Gasteiger partial charge in [0.15, 0.2) is 0 Å². The first kappa shape index (κ1) is 24.4. The van der Waals surface area contributed by atoms with Gasteiger partial charge in [-0.15, -0.1) is 0 Å². The summed E-state index contributed by atoms with van der Waals surface area (Å²) in [5, 5.41) is 0. The molecule has 34 heavy (non-hydrogen) atoms. The Kier molecular flexibility index (Phi) is 10.0. The van der Waals surface area contributed by atoms with Gasteiger partial charge in [-0.05, 0) is 35.4 Å². The Hall–Kier alpha value is -4.26. The van der Waals surface area contributed by atoms with Crippen LogP contribution in [-0.4, -0.2) is 11.9 Å². The molecule has 0 spiro atoms. The van der Waals surface area contributed by atoms with Gasteiger partial charge in [0.25, 0.3) is 0 Å². The summed E-state index contributed by atoms with van der Waals surface area (Å²) in [4.78, 5) is 42.1. The summed E-state index contributed by atoms with van der Waals surface area (Å²) in [7, 11) is 0. The van der Waals surface area contributed by atoms with E-state index in [2.05, 4.69) is 9.78 Å². The highest BCUT2D eigenvalue weighted by molar-refractivity contribution is 5.92. The molecule has 0 atom stereocenters. The summed E-state index contributed by atoms with van der Waals surface area (Å²) in [6.45, 7) is 0.960. The molecule has 0 unspecified atom stereocenters. The van der Waals surface area contributed by atoms with Crippen LogP contribution in [0.1, 0.15) is 31.8 Å². The zero-order chi connectivity index (χ0) is 23.8. The minimum atomic E-state index is -0.708. The molecular formula is C28H24O6. The van der Waals surface area contributed by atoms with Gasteiger partial charge < -0.3 is 0 Å². The predicted octanol–water partition coefficient (Wildman–Crippen LogP) is 5.95. The van der Waals surface area contributed by atoms with Crippen molar-refractivity contribution in [1.82, 2.24) is 0 Å². The third-order valence-corrected chi connectivity index (χ3v) is 4.43. The van der Waals surface area contributed by atoms with Crippen LogP contribution in [0.5, 0.6) is 0 Å². The molecule has 0 aliphatic rings. The standard InChI is InChI=1S/C14H10O4.C14H14O2/c15-13(11-7-3-1-4-8-11)17-18-14(16)12-9-5-2-6-10-12;1-3-7-13(8-4-1)11-15-16-12-14-9-5-2-6-10-14/h1-10H;1-10H,11-12H2. The fourth-order valence-corrected chi connectivity index (χ4v) is 2.69. The maximum absolute atomic E-state index is 11.5. The van der Waals surface area contributed by atoms with Crippen molar-refractivity contribution in [1.29, 1.82) is 0 Å². The van der Waals surface area contributed by atoms with E-state index >= 15 is 0 Å². The molecule has 0 aliphatic heterocycles. The summed E-state index contributed by atoms with van der Waals surface area (Å²) >= 11 is 0. The molecule has 0 aliphatic carbocycles. The van der Waals surface area contributed by atoms with Crippen LogP contribution in [-0.2, 0) is 32.8 Å². The number of hydrogen-bond acceptors (Lipinski definition) is 6. The van der Waals surface area contributed by atoms with E-state index in [1.807, 2.05) is 60.7 Å². The van der Waals surface area contributed by atoms with Gasteiger partial charge in [0, 0.05) is 0 Å². The molecule has 0 fully saturated rings. The lowest BCUT2D eigenvalue weighted by Gasteiger charge is -2.04. The monoisotopic (exact) mass is 456 g/mol. The van der Waals surface area contributed by atoms with Crippen molar-refractivity contribution >= 4 is 11.9 Å². The van der Waals surface area contributed by atoms with Gasteiger partial charge in [0.05, 0.1) is 11.1 Å². The van der Waals surface area contributed by atoms with Crippen LogP contribution in [0, 0.1) is 0 Å². The lowest BCUT2D eigenvalue weighted by molar-refractivity contribution is -0.313. The lowest BCUT2D eigenvalue weighted by Crippen LogP contribution is -2.11. The molecule has 0 heterocycles. The normalized spacial score (nSPS) is 9.88. The molecule has 172 valence electrons. The minimum absolute atomic E-state index is 0.318. The van der Waals surface area contributed by atoms with Gasteiger partial charge in [0.2, 0.25) is 0 Å². The van der Waals surface area contributed by atoms with Crippen LogP contribution in [0.25, 0.3) is 0 Å². The van der Waals surface area contributed by atoms with Gasteiger partial charge in [-0.2, -0.15) is 0 Å². The molecule has 6 nitrogen and oxygen atoms in total. The fraction of sp³-hybridized carbons (Fsp3) is 0.0714. The minimum Gasteiger partial charge on any atom is -0.242 e. The second-order valence-corrected chi connectivity index (χ2v) is 6.97. The largest absolute Gasteiger partial charge is 0.386 e. The van der Waals surface area contributed by atoms with Crippen molar-refractivity contribution in [2.75, 3.05) is 0 Å². The Morgan fingerprint density at radius 3 is 1.06 bits per heavy atom. The van der Waals surface area contributed by atoms with E-state index < -0.39 is 11.9 Å². The predicted molar refractivity (Wildman–Crippen MR) is 126 cm³/mol. The molecule has 0 amide bonds. The van der Waals surface area contributed by atoms with Crippen LogP contribution in [0.15, 0.2) is 121 Å². The van der Waals surface area contributed by atoms with Crippen molar-refractivity contribution in [2.45, 2.75) is 13.2 Å². The molecule has 4 aromatic carbocycles. The molecule has 0 saturated heterocycles. The van der Waals surface area contributed by atoms with Crippen LogP contribution in [0.3, 0.4) is 0 Å². The SMILES string of the molecule is O=C(OOC(=O)c1ccccc1)c1ccccc1.c1ccc(COOCc2ccccc2)cc1. The van der Waals surface area contributed by atoms with Crippen LogP contribution in [0.4, 0.5) is 0 Å². The first-order chi connectivity index (χ1) is 16.7. The Morgan fingerprint density at radius 2 is 0.735 bits per heavy atom. The van der Waals surface area contributed by atoms with Crippen molar-refractivity contribution in [3.8, 4) is 0 Å². The average molecular weight is 456 g/mol. The third kappa shape index (κ3) is 8.70. The van der Waals surface area contributed by atoms with E-state index in [0.29, 0.717) is 24.3 Å². The molecular weight excluding hydrogens is 432 g/mol. The summed E-state index contributed by atoms with van der Waals surface area (Å²) in [6, 6.07) is 36.5. The number of carbonyl (C=O) groups is 2. The highest BCUT2D eigenvalue weighted by Gasteiger charge is 2.13. The van der Waals surface area contributed by atoms with Crippen LogP contribution < -0.4 is 0 Å². The second kappa shape index (κ2) is 14.0. The third-order valence-electron chi connectivity index (χ3n) is 4.43. The van der Waals surface area contributed by atoms with Crippen LogP contribution >= 0.6 is 0 Å². The lowest BCUT2D eigenvalue weighted by atomic mass is 10.2. The molecule has 0 saturated carbocycles. The quantitative estimate of drug-likeness (QED) is 0.194. The summed E-state index contributed by atoms with van der Waals surface area (Å²) in [5.41, 5.74) is 2.85. The molecule has 0 aromatic heterocycles. The van der Waals surface area contributed by atoms with Gasteiger partial charge in [-0.3, -0.25) is 0 Å². The zero-order valence-electron chi connectivity index (χ0n) is 18.4. The Labute approximate surface area is 198 Å². The van der Waals surface area contributed by atoms with Gasteiger partial charge in [0.1, 0.15) is 13.2 Å². The van der Waals surface area contributed by atoms with E-state index in [-0.39, 0.29) is 0 Å². The van der Waals surface area contributed by atoms with E-state index in [1.54, 1.807) is 60.7 Å². The number of carbonyl (C=O) groups excluding carboxylic acids is 2. The first-order valence-corrected chi connectivity index (χ1v) is 10.6. The Balaban J connectivity index is 0.000000192. The highest BCUT2D eigenvalue weighted by atomic mass is 17.2. The smallest absolute Gasteiger partial charge is 0.242 e. The van der Waals surface area contributed by atoms with Crippen molar-refractivity contribution in [3.05, 3.63) is 144 Å². The summed E-state index contributed by atoms with van der Waals surface area (Å²) < 4.78 is 0. The molecule has 0 radical (unpaired) electrons. The van der Waals surface area contributed by atoms with Gasteiger partial charge in [-0.25, -0.2) is 29.1 Å². The number of hydrogen-bond donors (Lipinski definition) is 0. The maximum atomic E-state index is 11.5. The maximum Gasteiger partial charge on any atom is 0.386 e. The number of benzene rings is 4. The second-order valence-electron chi connectivity index (χ2n) is 6.97. The van der Waals surface area contributed by atoms with Crippen molar-refractivity contribution in [3.63, 3.8) is 0 Å². The first-order valence-electron chi connectivity index (χ1n) is 10.6. The van der Waals surface area contributed by atoms with Gasteiger partial charge in [-0.1, -0.05) is 97.1 Å². The molecule has 6 heteroatoms. The Bertz CT molecular complexity index is 1020. The topological polar surface area (TPSA) is 71.1 Å². The summed E-state index contributed by atoms with van der Waals surface area (Å²) in [5.74, 6) is -1.42. The number of rotatable bonds is 7. The van der Waals surface area contributed by atoms with Crippen LogP contribution in [0.2, 0.25) is 0 Å². The summed E-state index contributed by atoms with van der Waals surface area (Å²) in [6.07, 6.45) is 0. The molecule has 0 bridgehead atoms. The Morgan fingerprint density at radius 1 is 0.441 bits per heavy atom. The van der Waals surface area contributed by atoms with E-state index in [0.717, 1.165) is 11.1 Å². The van der Waals surface area contributed by atoms with Crippen molar-refractivity contribution in [2.24, 2.45) is 0 Å².